The van der Waals surface area contributed by atoms with Crippen LogP contribution in [0.4, 0.5) is 0 Å². The number of nitrogens with one attached hydrogen (secondary N) is 4. The summed E-state index contributed by atoms with van der Waals surface area (Å²) in [5, 5.41) is 8.97. The van der Waals surface area contributed by atoms with Gasteiger partial charge in [0.25, 0.3) is 5.91 Å². The first-order valence-corrected chi connectivity index (χ1v) is 11.8. The van der Waals surface area contributed by atoms with E-state index in [0.717, 1.165) is 23.7 Å². The Hall–Kier alpha value is -3.56. The molecule has 2 aliphatic rings. The minimum absolute atomic E-state index is 0.138. The monoisotopic (exact) mass is 469 g/mol. The summed E-state index contributed by atoms with van der Waals surface area (Å²) < 4.78 is 5.63. The number of benzene rings is 1. The predicted octanol–water partition coefficient (Wildman–Crippen LogP) is 0.961. The summed E-state index contributed by atoms with van der Waals surface area (Å²) in [7, 11) is 0. The molecule has 1 aromatic carbocycles. The van der Waals surface area contributed by atoms with Gasteiger partial charge in [-0.2, -0.15) is 0 Å². The number of primary amides is 1. The number of nitrogens with two attached hydrogens (primary N) is 1. The fourth-order valence-electron chi connectivity index (χ4n) is 4.36. The van der Waals surface area contributed by atoms with E-state index in [1.54, 1.807) is 6.07 Å². The Morgan fingerprint density at radius 3 is 2.59 bits per heavy atom. The third-order valence-corrected chi connectivity index (χ3v) is 6.40. The standard InChI is InChI=1S/C24H31N5O5/c1-2-34-20-5-3-4-16-15(20)12-19(27-16)24(33)29-18(10-13-6-7-13)23(32)28-17(21(25)30)11-14-8-9-26-22(14)31/h3-5,12-14,17-18,27H,2,6-11H2,1H3,(H2,25,30)(H,26,31)(H,28,32)(H,29,33)/t14-,17-,18-/m0/s1. The highest BCUT2D eigenvalue weighted by Gasteiger charge is 2.35. The van der Waals surface area contributed by atoms with Crippen molar-refractivity contribution >= 4 is 34.5 Å². The number of carbonyl (C=O) groups is 4. The van der Waals surface area contributed by atoms with Crippen molar-refractivity contribution in [3.05, 3.63) is 30.0 Å². The van der Waals surface area contributed by atoms with E-state index < -0.39 is 29.8 Å². The Morgan fingerprint density at radius 1 is 1.15 bits per heavy atom. The van der Waals surface area contributed by atoms with Crippen molar-refractivity contribution in [3.8, 4) is 5.75 Å². The molecule has 0 bridgehead atoms. The summed E-state index contributed by atoms with van der Waals surface area (Å²) in [6, 6.07) is 5.41. The van der Waals surface area contributed by atoms with Crippen LogP contribution < -0.4 is 26.4 Å². The topological polar surface area (TPSA) is 155 Å². The zero-order valence-electron chi connectivity index (χ0n) is 19.2. The maximum atomic E-state index is 13.1. The second-order valence-corrected chi connectivity index (χ2v) is 9.01. The van der Waals surface area contributed by atoms with Gasteiger partial charge in [0.1, 0.15) is 23.5 Å². The molecule has 1 aliphatic carbocycles. The number of aromatic nitrogens is 1. The van der Waals surface area contributed by atoms with E-state index in [0.29, 0.717) is 43.4 Å². The van der Waals surface area contributed by atoms with Crippen LogP contribution in [0.25, 0.3) is 10.9 Å². The maximum Gasteiger partial charge on any atom is 0.268 e. The number of carbonyl (C=O) groups excluding carboxylic acids is 4. The third-order valence-electron chi connectivity index (χ3n) is 6.40. The quantitative estimate of drug-likeness (QED) is 0.331. The lowest BCUT2D eigenvalue weighted by Crippen LogP contribution is -2.53. The van der Waals surface area contributed by atoms with E-state index in [2.05, 4.69) is 20.9 Å². The Balaban J connectivity index is 1.46. The minimum Gasteiger partial charge on any atom is -0.493 e. The average molecular weight is 470 g/mol. The van der Waals surface area contributed by atoms with E-state index >= 15 is 0 Å². The van der Waals surface area contributed by atoms with Crippen LogP contribution in [0.15, 0.2) is 24.3 Å². The molecule has 1 saturated carbocycles. The molecule has 10 heteroatoms. The van der Waals surface area contributed by atoms with Crippen molar-refractivity contribution in [1.29, 1.82) is 0 Å². The SMILES string of the molecule is CCOc1cccc2[nH]c(C(=O)N[C@@H](CC3CC3)C(=O)N[C@@H](C[C@@H]3CCNC3=O)C(N)=O)cc12. The van der Waals surface area contributed by atoms with Crippen molar-refractivity contribution in [2.24, 2.45) is 17.6 Å². The molecule has 0 radical (unpaired) electrons. The van der Waals surface area contributed by atoms with Gasteiger partial charge in [-0.25, -0.2) is 0 Å². The summed E-state index contributed by atoms with van der Waals surface area (Å²) in [5.41, 5.74) is 6.57. The number of H-pyrrole nitrogens is 1. The van der Waals surface area contributed by atoms with Gasteiger partial charge in [0.2, 0.25) is 17.7 Å². The minimum atomic E-state index is -0.984. The van der Waals surface area contributed by atoms with Crippen molar-refractivity contribution in [2.75, 3.05) is 13.2 Å². The van der Waals surface area contributed by atoms with Crippen molar-refractivity contribution < 1.29 is 23.9 Å². The van der Waals surface area contributed by atoms with Gasteiger partial charge in [-0.3, -0.25) is 19.2 Å². The molecule has 1 aliphatic heterocycles. The highest BCUT2D eigenvalue weighted by molar-refractivity contribution is 6.01. The van der Waals surface area contributed by atoms with Gasteiger partial charge in [-0.1, -0.05) is 18.9 Å². The number of hydrogen-bond acceptors (Lipinski definition) is 5. The zero-order valence-corrected chi connectivity index (χ0v) is 19.2. The Morgan fingerprint density at radius 2 is 1.94 bits per heavy atom. The van der Waals surface area contributed by atoms with E-state index in [1.165, 1.54) is 0 Å². The summed E-state index contributed by atoms with van der Waals surface area (Å²) in [6.45, 7) is 2.93. The first-order valence-electron chi connectivity index (χ1n) is 11.8. The summed E-state index contributed by atoms with van der Waals surface area (Å²) in [4.78, 5) is 53.1. The number of aromatic amines is 1. The molecule has 2 heterocycles. The molecule has 34 heavy (non-hydrogen) atoms. The van der Waals surface area contributed by atoms with E-state index in [1.807, 2.05) is 25.1 Å². The smallest absolute Gasteiger partial charge is 0.268 e. The number of fused-ring (bicyclic) bond motifs is 1. The summed E-state index contributed by atoms with van der Waals surface area (Å²) in [6.07, 6.45) is 3.18. The fourth-order valence-corrected chi connectivity index (χ4v) is 4.36. The van der Waals surface area contributed by atoms with Crippen LogP contribution in [-0.2, 0) is 14.4 Å². The molecule has 182 valence electrons. The van der Waals surface area contributed by atoms with Crippen LogP contribution >= 0.6 is 0 Å². The van der Waals surface area contributed by atoms with Crippen LogP contribution in [0.2, 0.25) is 0 Å². The molecule has 10 nitrogen and oxygen atoms in total. The van der Waals surface area contributed by atoms with Gasteiger partial charge in [0, 0.05) is 23.4 Å². The predicted molar refractivity (Wildman–Crippen MR) is 125 cm³/mol. The van der Waals surface area contributed by atoms with Gasteiger partial charge < -0.3 is 31.4 Å². The molecule has 3 atom stereocenters. The van der Waals surface area contributed by atoms with Crippen molar-refractivity contribution in [1.82, 2.24) is 20.9 Å². The van der Waals surface area contributed by atoms with E-state index in [-0.39, 0.29) is 18.2 Å². The van der Waals surface area contributed by atoms with Crippen molar-refractivity contribution in [2.45, 2.75) is 51.1 Å². The van der Waals surface area contributed by atoms with E-state index in [4.69, 9.17) is 10.5 Å². The van der Waals surface area contributed by atoms with Crippen LogP contribution in [0, 0.1) is 11.8 Å². The molecule has 1 aromatic heterocycles. The highest BCUT2D eigenvalue weighted by atomic mass is 16.5. The molecule has 4 amide bonds. The van der Waals surface area contributed by atoms with E-state index in [9.17, 15) is 19.2 Å². The normalized spacial score (nSPS) is 19.3. The van der Waals surface area contributed by atoms with Crippen LogP contribution in [0.1, 0.15) is 49.5 Å². The lowest BCUT2D eigenvalue weighted by Gasteiger charge is -2.23. The first kappa shape index (κ1) is 23.6. The Labute approximate surface area is 197 Å². The molecule has 2 aromatic rings. The third kappa shape index (κ3) is 5.49. The first-order chi connectivity index (χ1) is 16.4. The largest absolute Gasteiger partial charge is 0.493 e. The summed E-state index contributed by atoms with van der Waals surface area (Å²) in [5.74, 6) is -1.12. The van der Waals surface area contributed by atoms with Gasteiger partial charge in [-0.05, 0) is 50.3 Å². The van der Waals surface area contributed by atoms with Gasteiger partial charge >= 0.3 is 0 Å². The average Bonchev–Trinajstić information content (AvgIpc) is 3.35. The number of amides is 4. The molecular weight excluding hydrogens is 438 g/mol. The highest BCUT2D eigenvalue weighted by Crippen LogP contribution is 2.34. The molecular formula is C24H31N5O5. The van der Waals surface area contributed by atoms with Crippen LogP contribution in [-0.4, -0.2) is 53.8 Å². The molecule has 6 N–H and O–H groups in total. The molecule has 0 spiro atoms. The van der Waals surface area contributed by atoms with Gasteiger partial charge in [0.05, 0.1) is 6.61 Å². The summed E-state index contributed by atoms with van der Waals surface area (Å²) >= 11 is 0. The molecule has 1 saturated heterocycles. The lowest BCUT2D eigenvalue weighted by molar-refractivity contribution is -0.130. The second kappa shape index (κ2) is 10.1. The fraction of sp³-hybridized carbons (Fsp3) is 0.500. The number of ether oxygens (including phenoxy) is 1. The van der Waals surface area contributed by atoms with Crippen molar-refractivity contribution in [3.63, 3.8) is 0 Å². The molecule has 0 unspecified atom stereocenters. The zero-order chi connectivity index (χ0) is 24.2. The number of rotatable bonds is 11. The number of hydrogen-bond donors (Lipinski definition) is 5. The maximum absolute atomic E-state index is 13.1. The molecule has 4 rings (SSSR count). The Kier molecular flexibility index (Phi) is 7.04. The molecule has 2 fully saturated rings. The van der Waals surface area contributed by atoms with Gasteiger partial charge in [-0.15, -0.1) is 0 Å². The van der Waals surface area contributed by atoms with Gasteiger partial charge in [0.15, 0.2) is 0 Å². The Bertz CT molecular complexity index is 1090. The lowest BCUT2D eigenvalue weighted by atomic mass is 9.97. The van der Waals surface area contributed by atoms with Crippen LogP contribution in [0.3, 0.4) is 0 Å². The second-order valence-electron chi connectivity index (χ2n) is 9.01. The van der Waals surface area contributed by atoms with Crippen LogP contribution in [0.5, 0.6) is 5.75 Å².